The van der Waals surface area contributed by atoms with E-state index in [-0.39, 0.29) is 29.5 Å². The van der Waals surface area contributed by atoms with Gasteiger partial charge in [-0.2, -0.15) is 0 Å². The van der Waals surface area contributed by atoms with Crippen molar-refractivity contribution >= 4 is 11.8 Å². The molecule has 3 aliphatic carbocycles. The van der Waals surface area contributed by atoms with Crippen LogP contribution in [0.2, 0.25) is 0 Å². The van der Waals surface area contributed by atoms with Gasteiger partial charge < -0.3 is 15.3 Å². The SMILES string of the molecule is CC1(C(=O)O)CCCC2(C)C3CCC(O)(C(C)(C)O)C=C3C(=O)CC12. The van der Waals surface area contributed by atoms with Gasteiger partial charge in [0.05, 0.1) is 11.0 Å². The van der Waals surface area contributed by atoms with Gasteiger partial charge in [-0.1, -0.05) is 13.3 Å². The summed E-state index contributed by atoms with van der Waals surface area (Å²) < 4.78 is 0. The largest absolute Gasteiger partial charge is 0.481 e. The lowest BCUT2D eigenvalue weighted by Crippen LogP contribution is -2.58. The lowest BCUT2D eigenvalue weighted by molar-refractivity contribution is -0.167. The van der Waals surface area contributed by atoms with E-state index in [2.05, 4.69) is 6.92 Å². The fourth-order valence-corrected chi connectivity index (χ4v) is 5.74. The molecule has 0 heterocycles. The van der Waals surface area contributed by atoms with Gasteiger partial charge in [-0.3, -0.25) is 9.59 Å². The average molecular weight is 350 g/mol. The first-order valence-electron chi connectivity index (χ1n) is 9.29. The van der Waals surface area contributed by atoms with Gasteiger partial charge in [0.25, 0.3) is 0 Å². The van der Waals surface area contributed by atoms with E-state index in [1.807, 2.05) is 0 Å². The minimum Gasteiger partial charge on any atom is -0.481 e. The van der Waals surface area contributed by atoms with Gasteiger partial charge in [-0.25, -0.2) is 0 Å². The normalized spacial score (nSPS) is 44.6. The fourth-order valence-electron chi connectivity index (χ4n) is 5.74. The van der Waals surface area contributed by atoms with Gasteiger partial charge in [0, 0.05) is 6.42 Å². The van der Waals surface area contributed by atoms with E-state index in [0.717, 1.165) is 12.8 Å². The summed E-state index contributed by atoms with van der Waals surface area (Å²) >= 11 is 0. The topological polar surface area (TPSA) is 94.8 Å². The van der Waals surface area contributed by atoms with Gasteiger partial charge in [-0.15, -0.1) is 0 Å². The van der Waals surface area contributed by atoms with Crippen LogP contribution in [-0.4, -0.2) is 38.3 Å². The standard InChI is InChI=1S/C20H30O5/c1-17(2,24)20(25)9-6-13-12(11-20)14(21)10-15-18(13,3)7-5-8-19(15,4)16(22)23/h11,13,15,24-25H,5-10H2,1-4H3,(H,22,23). The van der Waals surface area contributed by atoms with Crippen LogP contribution < -0.4 is 0 Å². The molecule has 5 heteroatoms. The van der Waals surface area contributed by atoms with E-state index in [9.17, 15) is 24.9 Å². The van der Waals surface area contributed by atoms with Crippen LogP contribution in [0.15, 0.2) is 11.6 Å². The number of carbonyl (C=O) groups is 2. The molecule has 3 rings (SSSR count). The smallest absolute Gasteiger partial charge is 0.309 e. The van der Waals surface area contributed by atoms with Gasteiger partial charge in [0.1, 0.15) is 5.60 Å². The summed E-state index contributed by atoms with van der Waals surface area (Å²) in [5.74, 6) is -1.11. The first-order valence-corrected chi connectivity index (χ1v) is 9.29. The summed E-state index contributed by atoms with van der Waals surface area (Å²) in [6, 6.07) is 0. The quantitative estimate of drug-likeness (QED) is 0.712. The molecule has 0 aromatic carbocycles. The second-order valence-electron chi connectivity index (χ2n) is 9.44. The van der Waals surface area contributed by atoms with Crippen molar-refractivity contribution in [2.45, 2.75) is 77.4 Å². The van der Waals surface area contributed by atoms with Crippen LogP contribution in [0.5, 0.6) is 0 Å². The van der Waals surface area contributed by atoms with Crippen LogP contribution in [0, 0.1) is 22.7 Å². The van der Waals surface area contributed by atoms with Crippen LogP contribution in [0.3, 0.4) is 0 Å². The minimum absolute atomic E-state index is 0.0413. The van der Waals surface area contributed by atoms with Crippen LogP contribution in [0.1, 0.15) is 66.2 Å². The molecule has 0 saturated heterocycles. The molecule has 0 bridgehead atoms. The molecule has 2 saturated carbocycles. The van der Waals surface area contributed by atoms with Crippen molar-refractivity contribution in [2.24, 2.45) is 22.7 Å². The van der Waals surface area contributed by atoms with Crippen LogP contribution >= 0.6 is 0 Å². The van der Waals surface area contributed by atoms with Crippen LogP contribution in [0.4, 0.5) is 0 Å². The van der Waals surface area contributed by atoms with Gasteiger partial charge in [-0.05, 0) is 75.4 Å². The Balaban J connectivity index is 2.06. The first kappa shape index (κ1) is 18.6. The lowest BCUT2D eigenvalue weighted by atomic mass is 9.45. The Morgan fingerprint density at radius 1 is 1.24 bits per heavy atom. The van der Waals surface area contributed by atoms with Crippen molar-refractivity contribution < 1.29 is 24.9 Å². The summed E-state index contributed by atoms with van der Waals surface area (Å²) in [6.07, 6.45) is 5.11. The highest BCUT2D eigenvalue weighted by atomic mass is 16.4. The average Bonchev–Trinajstić information content (AvgIpc) is 2.48. The minimum atomic E-state index is -1.41. The van der Waals surface area contributed by atoms with Gasteiger partial charge >= 0.3 is 5.97 Å². The maximum absolute atomic E-state index is 12.9. The molecular weight excluding hydrogens is 320 g/mol. The number of ketones is 1. The molecule has 5 unspecified atom stereocenters. The monoisotopic (exact) mass is 350 g/mol. The van der Waals surface area contributed by atoms with Crippen molar-refractivity contribution in [3.05, 3.63) is 11.6 Å². The Morgan fingerprint density at radius 3 is 2.44 bits per heavy atom. The predicted octanol–water partition coefficient (Wildman–Crippen LogP) is 2.69. The molecule has 0 spiro atoms. The van der Waals surface area contributed by atoms with E-state index >= 15 is 0 Å². The van der Waals surface area contributed by atoms with Crippen molar-refractivity contribution in [1.82, 2.24) is 0 Å². The zero-order valence-corrected chi connectivity index (χ0v) is 15.6. The summed E-state index contributed by atoms with van der Waals surface area (Å²) in [4.78, 5) is 24.9. The molecule has 5 nitrogen and oxygen atoms in total. The number of carboxylic acid groups (broad SMARTS) is 1. The molecule has 5 atom stereocenters. The Kier molecular flexibility index (Phi) is 4.01. The summed E-state index contributed by atoms with van der Waals surface area (Å²) in [6.45, 7) is 7.03. The third kappa shape index (κ3) is 2.50. The maximum Gasteiger partial charge on any atom is 0.309 e. The van der Waals surface area contributed by atoms with Gasteiger partial charge in [0.2, 0.25) is 0 Å². The third-order valence-electron chi connectivity index (χ3n) is 7.62. The van der Waals surface area contributed by atoms with E-state index < -0.39 is 22.6 Å². The second kappa shape index (κ2) is 5.40. The Hall–Kier alpha value is -1.20. The van der Waals surface area contributed by atoms with Crippen molar-refractivity contribution in [2.75, 3.05) is 0 Å². The summed E-state index contributed by atoms with van der Waals surface area (Å²) in [5.41, 5.74) is -3.28. The maximum atomic E-state index is 12.9. The number of hydrogen-bond donors (Lipinski definition) is 3. The Bertz CT molecular complexity index is 645. The molecule has 0 aliphatic heterocycles. The molecule has 3 N–H and O–H groups in total. The molecule has 2 fully saturated rings. The highest BCUT2D eigenvalue weighted by Gasteiger charge is 2.61. The third-order valence-corrected chi connectivity index (χ3v) is 7.62. The van der Waals surface area contributed by atoms with Crippen molar-refractivity contribution in [3.8, 4) is 0 Å². The van der Waals surface area contributed by atoms with E-state index in [0.29, 0.717) is 24.8 Å². The number of carboxylic acids is 1. The predicted molar refractivity (Wildman–Crippen MR) is 92.9 cm³/mol. The number of Topliss-reactive ketones (excluding diaryl/α,β-unsaturated/α-hetero) is 1. The highest BCUT2D eigenvalue weighted by molar-refractivity contribution is 5.98. The number of allylic oxidation sites excluding steroid dienone is 1. The number of hydrogen-bond acceptors (Lipinski definition) is 4. The molecule has 3 aliphatic rings. The molecule has 0 aromatic heterocycles. The van der Waals surface area contributed by atoms with E-state index in [1.54, 1.807) is 26.8 Å². The Morgan fingerprint density at radius 2 is 1.88 bits per heavy atom. The summed E-state index contributed by atoms with van der Waals surface area (Å²) in [5, 5.41) is 31.0. The second-order valence-corrected chi connectivity index (χ2v) is 9.44. The molecular formula is C20H30O5. The number of rotatable bonds is 2. The Labute approximate surface area is 149 Å². The van der Waals surface area contributed by atoms with Gasteiger partial charge in [0.15, 0.2) is 5.78 Å². The van der Waals surface area contributed by atoms with E-state index in [4.69, 9.17) is 0 Å². The number of carbonyl (C=O) groups excluding carboxylic acids is 1. The van der Waals surface area contributed by atoms with Crippen molar-refractivity contribution in [1.29, 1.82) is 0 Å². The summed E-state index contributed by atoms with van der Waals surface area (Å²) in [7, 11) is 0. The van der Waals surface area contributed by atoms with E-state index in [1.165, 1.54) is 0 Å². The zero-order valence-electron chi connectivity index (χ0n) is 15.6. The first-order chi connectivity index (χ1) is 11.4. The fraction of sp³-hybridized carbons (Fsp3) is 0.800. The molecule has 25 heavy (non-hydrogen) atoms. The number of fused-ring (bicyclic) bond motifs is 3. The number of aliphatic carboxylic acids is 1. The number of aliphatic hydroxyl groups is 2. The highest BCUT2D eigenvalue weighted by Crippen LogP contribution is 2.63. The lowest BCUT2D eigenvalue weighted by Gasteiger charge is -2.58. The van der Waals surface area contributed by atoms with Crippen LogP contribution in [0.25, 0.3) is 0 Å². The zero-order chi connectivity index (χ0) is 18.8. The molecule has 0 amide bonds. The molecule has 140 valence electrons. The molecule has 0 radical (unpaired) electrons. The van der Waals surface area contributed by atoms with Crippen molar-refractivity contribution in [3.63, 3.8) is 0 Å². The van der Waals surface area contributed by atoms with Crippen LogP contribution in [-0.2, 0) is 9.59 Å². The molecule has 0 aromatic rings.